The van der Waals surface area contributed by atoms with E-state index in [0.717, 1.165) is 11.6 Å². The van der Waals surface area contributed by atoms with Crippen molar-refractivity contribution in [3.05, 3.63) is 47.4 Å². The second-order valence-electron chi connectivity index (χ2n) is 2.92. The van der Waals surface area contributed by atoms with Gasteiger partial charge in [-0.05, 0) is 6.92 Å². The molecule has 0 saturated heterocycles. The van der Waals surface area contributed by atoms with Gasteiger partial charge in [-0.1, -0.05) is 29.8 Å². The number of methoxy groups -OCH3 is 1. The van der Waals surface area contributed by atoms with Crippen LogP contribution in [0, 0.1) is 6.92 Å². The van der Waals surface area contributed by atoms with Crippen LogP contribution >= 0.6 is 0 Å². The van der Waals surface area contributed by atoms with Gasteiger partial charge in [-0.3, -0.25) is 4.79 Å². The standard InChI is InChI=1S/C11H12O3/c1-8-3-5-9(6-4-8)10(12)7-11(13)14-2/h3-7,13H,1-2H3/b11-7+. The van der Waals surface area contributed by atoms with Crippen molar-refractivity contribution in [1.29, 1.82) is 0 Å². The van der Waals surface area contributed by atoms with Crippen LogP contribution in [0.3, 0.4) is 0 Å². The maximum atomic E-state index is 11.4. The van der Waals surface area contributed by atoms with Crippen LogP contribution in [-0.2, 0) is 4.74 Å². The summed E-state index contributed by atoms with van der Waals surface area (Å²) in [5.74, 6) is -0.653. The molecule has 1 N–H and O–H groups in total. The van der Waals surface area contributed by atoms with E-state index < -0.39 is 0 Å². The average Bonchev–Trinajstić information content (AvgIpc) is 2.18. The molecule has 14 heavy (non-hydrogen) atoms. The predicted octanol–water partition coefficient (Wildman–Crippen LogP) is 2.22. The number of carbonyl (C=O) groups is 1. The van der Waals surface area contributed by atoms with E-state index in [4.69, 9.17) is 5.11 Å². The van der Waals surface area contributed by atoms with Gasteiger partial charge in [0.2, 0.25) is 0 Å². The summed E-state index contributed by atoms with van der Waals surface area (Å²) >= 11 is 0. The van der Waals surface area contributed by atoms with Gasteiger partial charge in [-0.15, -0.1) is 0 Å². The first-order chi connectivity index (χ1) is 6.63. The lowest BCUT2D eigenvalue weighted by Gasteiger charge is -1.98. The Kier molecular flexibility index (Phi) is 3.29. The summed E-state index contributed by atoms with van der Waals surface area (Å²) < 4.78 is 4.46. The van der Waals surface area contributed by atoms with E-state index in [9.17, 15) is 4.79 Å². The quantitative estimate of drug-likeness (QED) is 0.453. The van der Waals surface area contributed by atoms with Gasteiger partial charge in [-0.2, -0.15) is 0 Å². The molecule has 0 aliphatic carbocycles. The van der Waals surface area contributed by atoms with Gasteiger partial charge in [0.05, 0.1) is 13.2 Å². The van der Waals surface area contributed by atoms with E-state index in [-0.39, 0.29) is 11.7 Å². The minimum Gasteiger partial charge on any atom is -0.481 e. The maximum Gasteiger partial charge on any atom is 0.280 e. The number of aryl methyl sites for hydroxylation is 1. The number of hydrogen-bond acceptors (Lipinski definition) is 3. The third-order valence-corrected chi connectivity index (χ3v) is 1.80. The van der Waals surface area contributed by atoms with Crippen LogP contribution in [0.15, 0.2) is 36.3 Å². The number of carbonyl (C=O) groups excluding carboxylic acids is 1. The lowest BCUT2D eigenvalue weighted by atomic mass is 10.1. The van der Waals surface area contributed by atoms with Gasteiger partial charge in [0, 0.05) is 5.56 Å². The number of ketones is 1. The molecule has 0 saturated carbocycles. The molecule has 0 amide bonds. The molecule has 0 unspecified atom stereocenters. The summed E-state index contributed by atoms with van der Waals surface area (Å²) in [6.45, 7) is 1.94. The second-order valence-corrected chi connectivity index (χ2v) is 2.92. The molecule has 0 atom stereocenters. The number of allylic oxidation sites excluding steroid dienone is 1. The first-order valence-electron chi connectivity index (χ1n) is 4.19. The second kappa shape index (κ2) is 4.46. The van der Waals surface area contributed by atoms with Crippen molar-refractivity contribution in [1.82, 2.24) is 0 Å². The zero-order valence-corrected chi connectivity index (χ0v) is 8.15. The van der Waals surface area contributed by atoms with Crippen molar-refractivity contribution < 1.29 is 14.6 Å². The fourth-order valence-corrected chi connectivity index (χ4v) is 0.972. The monoisotopic (exact) mass is 192 g/mol. The molecule has 74 valence electrons. The number of aliphatic hydroxyl groups excluding tert-OH is 1. The topological polar surface area (TPSA) is 46.5 Å². The van der Waals surface area contributed by atoms with Crippen LogP contribution in [0.2, 0.25) is 0 Å². The molecule has 3 nitrogen and oxygen atoms in total. The van der Waals surface area contributed by atoms with Crippen LogP contribution < -0.4 is 0 Å². The van der Waals surface area contributed by atoms with Gasteiger partial charge < -0.3 is 9.84 Å². The van der Waals surface area contributed by atoms with Crippen molar-refractivity contribution in [3.63, 3.8) is 0 Å². The van der Waals surface area contributed by atoms with Crippen LogP contribution in [0.25, 0.3) is 0 Å². The van der Waals surface area contributed by atoms with Crippen LogP contribution in [0.5, 0.6) is 0 Å². The summed E-state index contributed by atoms with van der Waals surface area (Å²) in [6, 6.07) is 7.09. The van der Waals surface area contributed by atoms with Crippen LogP contribution in [0.1, 0.15) is 15.9 Å². The minimum absolute atomic E-state index is 0.274. The van der Waals surface area contributed by atoms with E-state index in [0.29, 0.717) is 5.56 Å². The average molecular weight is 192 g/mol. The van der Waals surface area contributed by atoms with Gasteiger partial charge in [0.1, 0.15) is 0 Å². The van der Waals surface area contributed by atoms with E-state index in [1.807, 2.05) is 19.1 Å². The Hall–Kier alpha value is -1.77. The molecule has 1 rings (SSSR count). The molecule has 0 aliphatic heterocycles. The first-order valence-corrected chi connectivity index (χ1v) is 4.19. The van der Waals surface area contributed by atoms with Crippen molar-refractivity contribution in [3.8, 4) is 0 Å². The number of rotatable bonds is 3. The largest absolute Gasteiger partial charge is 0.481 e. The Balaban J connectivity index is 2.85. The molecule has 0 bridgehead atoms. The SMILES string of the molecule is CO/C(O)=C/C(=O)c1ccc(C)cc1. The first kappa shape index (κ1) is 10.3. The molecule has 0 fully saturated rings. The number of benzene rings is 1. The molecule has 0 heterocycles. The molecule has 3 heteroatoms. The normalized spacial score (nSPS) is 11.1. The molecule has 0 spiro atoms. The van der Waals surface area contributed by atoms with E-state index in [1.54, 1.807) is 12.1 Å². The van der Waals surface area contributed by atoms with E-state index in [2.05, 4.69) is 4.74 Å². The molecule has 1 aromatic rings. The van der Waals surface area contributed by atoms with Crippen molar-refractivity contribution >= 4 is 5.78 Å². The lowest BCUT2D eigenvalue weighted by molar-refractivity contribution is 0.100. The molecule has 0 aliphatic rings. The zero-order valence-electron chi connectivity index (χ0n) is 8.15. The van der Waals surface area contributed by atoms with Crippen molar-refractivity contribution in [2.45, 2.75) is 6.92 Å². The van der Waals surface area contributed by atoms with Gasteiger partial charge in [0.15, 0.2) is 5.78 Å². The summed E-state index contributed by atoms with van der Waals surface area (Å²) in [5, 5.41) is 8.96. The fourth-order valence-electron chi connectivity index (χ4n) is 0.972. The highest BCUT2D eigenvalue weighted by atomic mass is 16.6. The molecule has 0 radical (unpaired) electrons. The maximum absolute atomic E-state index is 11.4. The predicted molar refractivity (Wildman–Crippen MR) is 53.2 cm³/mol. The molecule has 1 aromatic carbocycles. The highest BCUT2D eigenvalue weighted by Gasteiger charge is 2.03. The summed E-state index contributed by atoms with van der Waals surface area (Å²) in [6.07, 6.45) is 1.05. The summed E-state index contributed by atoms with van der Waals surface area (Å²) in [7, 11) is 1.30. The lowest BCUT2D eigenvalue weighted by Crippen LogP contribution is -1.97. The van der Waals surface area contributed by atoms with Gasteiger partial charge >= 0.3 is 0 Å². The van der Waals surface area contributed by atoms with Gasteiger partial charge in [-0.25, -0.2) is 0 Å². The Morgan fingerprint density at radius 1 is 1.36 bits per heavy atom. The Morgan fingerprint density at radius 3 is 2.43 bits per heavy atom. The third kappa shape index (κ3) is 2.62. The fraction of sp³-hybridized carbons (Fsp3) is 0.182. The Morgan fingerprint density at radius 2 is 1.93 bits per heavy atom. The summed E-state index contributed by atoms with van der Waals surface area (Å²) in [4.78, 5) is 11.4. The van der Waals surface area contributed by atoms with Crippen LogP contribution in [-0.4, -0.2) is 18.0 Å². The van der Waals surface area contributed by atoms with E-state index in [1.165, 1.54) is 7.11 Å². The number of hydrogen-bond donors (Lipinski definition) is 1. The highest BCUT2D eigenvalue weighted by Crippen LogP contribution is 2.05. The molecular formula is C11H12O3. The molecule has 0 aromatic heterocycles. The van der Waals surface area contributed by atoms with Gasteiger partial charge in [0.25, 0.3) is 5.95 Å². The number of ether oxygens (including phenoxy) is 1. The smallest absolute Gasteiger partial charge is 0.280 e. The summed E-state index contributed by atoms with van der Waals surface area (Å²) in [5.41, 5.74) is 1.61. The van der Waals surface area contributed by atoms with Crippen molar-refractivity contribution in [2.75, 3.05) is 7.11 Å². The Bertz CT molecular complexity index is 349. The van der Waals surface area contributed by atoms with E-state index >= 15 is 0 Å². The zero-order chi connectivity index (χ0) is 10.6. The Labute approximate surface area is 82.6 Å². The number of aliphatic hydroxyl groups is 1. The van der Waals surface area contributed by atoms with Crippen molar-refractivity contribution in [2.24, 2.45) is 0 Å². The molecular weight excluding hydrogens is 180 g/mol. The van der Waals surface area contributed by atoms with Crippen LogP contribution in [0.4, 0.5) is 0 Å². The highest BCUT2D eigenvalue weighted by molar-refractivity contribution is 6.04. The third-order valence-electron chi connectivity index (χ3n) is 1.80. The minimum atomic E-state index is -0.379.